The van der Waals surface area contributed by atoms with Crippen LogP contribution < -0.4 is 14.8 Å². The number of halogens is 1. The van der Waals surface area contributed by atoms with Gasteiger partial charge in [-0.25, -0.2) is 0 Å². The van der Waals surface area contributed by atoms with Crippen LogP contribution in [0.25, 0.3) is 0 Å². The fourth-order valence-electron chi connectivity index (χ4n) is 4.74. The molecule has 138 valence electrons. The summed E-state index contributed by atoms with van der Waals surface area (Å²) >= 11 is 3.39. The van der Waals surface area contributed by atoms with E-state index in [0.717, 1.165) is 6.42 Å². The van der Waals surface area contributed by atoms with Gasteiger partial charge in [-0.05, 0) is 46.0 Å². The Kier molecular flexibility index (Phi) is 4.22. The van der Waals surface area contributed by atoms with Gasteiger partial charge < -0.3 is 19.9 Å². The first kappa shape index (κ1) is 17.4. The van der Waals surface area contributed by atoms with Crippen molar-refractivity contribution >= 4 is 33.5 Å². The van der Waals surface area contributed by atoms with Crippen LogP contribution in [0.15, 0.2) is 28.8 Å². The number of benzene rings is 1. The van der Waals surface area contributed by atoms with Crippen molar-refractivity contribution in [2.75, 3.05) is 19.5 Å². The van der Waals surface area contributed by atoms with Crippen molar-refractivity contribution in [3.8, 4) is 11.5 Å². The molecule has 2 saturated carbocycles. The molecular weight excluding hydrogens is 402 g/mol. The fraction of sp³-hybridized carbons (Fsp3) is 0.474. The molecule has 4 aliphatic rings. The van der Waals surface area contributed by atoms with Crippen molar-refractivity contribution < 1.29 is 24.2 Å². The maximum absolute atomic E-state index is 13.1. The molecule has 2 fully saturated rings. The molecular formula is C19H20BrNO5. The molecule has 0 aromatic heterocycles. The zero-order valence-electron chi connectivity index (χ0n) is 14.4. The largest absolute Gasteiger partial charge is 0.495 e. The predicted molar refractivity (Wildman–Crippen MR) is 98.2 cm³/mol. The molecule has 0 heterocycles. The molecule has 4 aliphatic carbocycles. The third-order valence-corrected chi connectivity index (χ3v) is 6.59. The molecule has 1 aromatic carbocycles. The second-order valence-electron chi connectivity index (χ2n) is 7.17. The van der Waals surface area contributed by atoms with Gasteiger partial charge in [-0.15, -0.1) is 0 Å². The van der Waals surface area contributed by atoms with Crippen LogP contribution in [-0.2, 0) is 9.59 Å². The second kappa shape index (κ2) is 6.30. The Morgan fingerprint density at radius 1 is 1.08 bits per heavy atom. The summed E-state index contributed by atoms with van der Waals surface area (Å²) in [6, 6.07) is 3.39. The van der Waals surface area contributed by atoms with E-state index in [-0.39, 0.29) is 17.7 Å². The van der Waals surface area contributed by atoms with Crippen LogP contribution in [0.4, 0.5) is 5.69 Å². The van der Waals surface area contributed by atoms with E-state index in [2.05, 4.69) is 21.2 Å². The molecule has 0 aliphatic heterocycles. The number of ether oxygens (including phenoxy) is 2. The average molecular weight is 422 g/mol. The number of carboxylic acid groups (broad SMARTS) is 1. The zero-order valence-corrected chi connectivity index (χ0v) is 16.0. The summed E-state index contributed by atoms with van der Waals surface area (Å²) in [6.07, 6.45) is 5.07. The van der Waals surface area contributed by atoms with Crippen molar-refractivity contribution in [3.63, 3.8) is 0 Å². The maximum atomic E-state index is 13.1. The highest BCUT2D eigenvalue weighted by Crippen LogP contribution is 2.63. The lowest BCUT2D eigenvalue weighted by atomic mass is 9.62. The quantitative estimate of drug-likeness (QED) is 0.713. The summed E-state index contributed by atoms with van der Waals surface area (Å²) < 4.78 is 11.3. The number of allylic oxidation sites excluding steroid dienone is 2. The van der Waals surface area contributed by atoms with Crippen molar-refractivity contribution in [2.45, 2.75) is 6.42 Å². The molecule has 7 heteroatoms. The number of carboxylic acids is 1. The lowest BCUT2D eigenvalue weighted by Gasteiger charge is -2.41. The van der Waals surface area contributed by atoms with E-state index in [1.807, 2.05) is 12.2 Å². The fourth-order valence-corrected chi connectivity index (χ4v) is 5.23. The maximum Gasteiger partial charge on any atom is 0.307 e. The van der Waals surface area contributed by atoms with Gasteiger partial charge in [0.15, 0.2) is 0 Å². The van der Waals surface area contributed by atoms with E-state index < -0.39 is 17.8 Å². The number of nitrogens with one attached hydrogen (secondary N) is 1. The smallest absolute Gasteiger partial charge is 0.307 e. The molecule has 0 radical (unpaired) electrons. The van der Waals surface area contributed by atoms with Gasteiger partial charge in [0, 0.05) is 12.1 Å². The van der Waals surface area contributed by atoms with Crippen molar-refractivity contribution in [3.05, 3.63) is 28.8 Å². The van der Waals surface area contributed by atoms with Crippen LogP contribution in [0.1, 0.15) is 6.42 Å². The monoisotopic (exact) mass is 421 g/mol. The number of fused-ring (bicyclic) bond motifs is 1. The minimum atomic E-state index is -0.893. The molecule has 6 nitrogen and oxygen atoms in total. The van der Waals surface area contributed by atoms with E-state index in [0.29, 0.717) is 33.5 Å². The van der Waals surface area contributed by atoms with Gasteiger partial charge in [-0.3, -0.25) is 9.59 Å². The summed E-state index contributed by atoms with van der Waals surface area (Å²) in [5.41, 5.74) is 0.472. The summed E-state index contributed by atoms with van der Waals surface area (Å²) in [6.45, 7) is 0. The number of hydrogen-bond donors (Lipinski definition) is 2. The Morgan fingerprint density at radius 2 is 1.69 bits per heavy atom. The summed E-state index contributed by atoms with van der Waals surface area (Å²) in [5, 5.41) is 12.6. The first-order valence-corrected chi connectivity index (χ1v) is 9.39. The Balaban J connectivity index is 1.64. The Labute approximate surface area is 159 Å². The van der Waals surface area contributed by atoms with Crippen LogP contribution in [-0.4, -0.2) is 31.2 Å². The Hall–Kier alpha value is -2.02. The third kappa shape index (κ3) is 2.60. The van der Waals surface area contributed by atoms with E-state index >= 15 is 0 Å². The molecule has 6 atom stereocenters. The van der Waals surface area contributed by atoms with Crippen molar-refractivity contribution in [1.82, 2.24) is 0 Å². The normalized spacial score (nSPS) is 33.3. The van der Waals surface area contributed by atoms with E-state index in [1.54, 1.807) is 12.1 Å². The number of carbonyl (C=O) groups is 2. The summed E-state index contributed by atoms with van der Waals surface area (Å²) in [7, 11) is 3.06. The van der Waals surface area contributed by atoms with Gasteiger partial charge in [-0.2, -0.15) is 0 Å². The van der Waals surface area contributed by atoms with Gasteiger partial charge >= 0.3 is 5.97 Å². The SMILES string of the molecule is COc1cc(NC(=O)[C@H]2[C@@H]3C=C[C@H]([C@H]4C[C@H]34)[C@@H]2C(=O)O)c(OC)cc1Br. The first-order valence-electron chi connectivity index (χ1n) is 8.59. The molecule has 2 N–H and O–H groups in total. The molecule has 0 unspecified atom stereocenters. The first-order chi connectivity index (χ1) is 12.5. The van der Waals surface area contributed by atoms with Crippen LogP contribution in [0.5, 0.6) is 11.5 Å². The van der Waals surface area contributed by atoms with E-state index in [4.69, 9.17) is 9.47 Å². The van der Waals surface area contributed by atoms with Crippen molar-refractivity contribution in [1.29, 1.82) is 0 Å². The lowest BCUT2D eigenvalue weighted by Crippen LogP contribution is -2.48. The summed E-state index contributed by atoms with van der Waals surface area (Å²) in [4.78, 5) is 25.0. The Bertz CT molecular complexity index is 807. The molecule has 1 amide bonds. The van der Waals surface area contributed by atoms with E-state index in [1.165, 1.54) is 14.2 Å². The standard InChI is InChI=1S/C19H20BrNO5/c1-25-14-7-13(15(26-2)6-12(14)20)21-18(22)16-8-3-4-9(11-5-10(8)11)17(16)19(23)24/h3-4,6-11,16-17H,5H2,1-2H3,(H,21,22)(H,23,24)/t8-,9-,10-,11-,16+,17+/m1/s1. The number of rotatable bonds is 5. The molecule has 2 bridgehead atoms. The third-order valence-electron chi connectivity index (χ3n) is 5.97. The summed E-state index contributed by atoms with van der Waals surface area (Å²) in [5.74, 6) is -0.534. The van der Waals surface area contributed by atoms with Crippen molar-refractivity contribution in [2.24, 2.45) is 35.5 Å². The highest BCUT2D eigenvalue weighted by atomic mass is 79.9. The minimum absolute atomic E-state index is 0.00515. The van der Waals surface area contributed by atoms with Crippen LogP contribution in [0.3, 0.4) is 0 Å². The number of anilines is 1. The van der Waals surface area contributed by atoms with Crippen LogP contribution >= 0.6 is 15.9 Å². The van der Waals surface area contributed by atoms with Crippen LogP contribution in [0.2, 0.25) is 0 Å². The number of methoxy groups -OCH3 is 2. The lowest BCUT2D eigenvalue weighted by molar-refractivity contribution is -0.152. The van der Waals surface area contributed by atoms with Crippen LogP contribution in [0, 0.1) is 35.5 Å². The second-order valence-corrected chi connectivity index (χ2v) is 8.02. The average Bonchev–Trinajstić information content (AvgIpc) is 3.44. The number of hydrogen-bond acceptors (Lipinski definition) is 4. The molecule has 1 aromatic rings. The molecule has 5 rings (SSSR count). The number of carbonyl (C=O) groups excluding carboxylic acids is 1. The van der Waals surface area contributed by atoms with Gasteiger partial charge in [0.05, 0.1) is 36.2 Å². The van der Waals surface area contributed by atoms with Gasteiger partial charge in [0.2, 0.25) is 5.91 Å². The zero-order chi connectivity index (χ0) is 18.6. The van der Waals surface area contributed by atoms with Gasteiger partial charge in [0.25, 0.3) is 0 Å². The Morgan fingerprint density at radius 3 is 2.27 bits per heavy atom. The molecule has 0 spiro atoms. The predicted octanol–water partition coefficient (Wildman–Crippen LogP) is 3.17. The number of amides is 1. The van der Waals surface area contributed by atoms with Gasteiger partial charge in [0.1, 0.15) is 11.5 Å². The van der Waals surface area contributed by atoms with E-state index in [9.17, 15) is 14.7 Å². The topological polar surface area (TPSA) is 84.9 Å². The molecule has 26 heavy (non-hydrogen) atoms. The number of aliphatic carboxylic acids is 1. The van der Waals surface area contributed by atoms with Gasteiger partial charge in [-0.1, -0.05) is 12.2 Å². The minimum Gasteiger partial charge on any atom is -0.495 e. The molecule has 0 saturated heterocycles. The highest BCUT2D eigenvalue weighted by molar-refractivity contribution is 9.10. The highest BCUT2D eigenvalue weighted by Gasteiger charge is 2.63.